The fourth-order valence-corrected chi connectivity index (χ4v) is 1.50. The average molecular weight is 254 g/mol. The van der Waals surface area contributed by atoms with Crippen LogP contribution in [0, 0.1) is 10.1 Å². The number of aromatic nitrogens is 1. The normalized spacial score (nSPS) is 11.9. The summed E-state index contributed by atoms with van der Waals surface area (Å²) < 4.78 is 5.05. The van der Waals surface area contributed by atoms with Crippen LogP contribution in [0.5, 0.6) is 0 Å². The average Bonchev–Trinajstić information content (AvgIpc) is 2.37. The number of methoxy groups -OCH3 is 1. The highest BCUT2D eigenvalue weighted by molar-refractivity contribution is 5.60. The van der Waals surface area contributed by atoms with E-state index >= 15 is 0 Å². The van der Waals surface area contributed by atoms with Crippen LogP contribution in [0.25, 0.3) is 0 Å². The lowest BCUT2D eigenvalue weighted by Gasteiger charge is -2.16. The largest absolute Gasteiger partial charge is 0.383 e. The van der Waals surface area contributed by atoms with Crippen LogP contribution in [-0.2, 0) is 4.74 Å². The van der Waals surface area contributed by atoms with Crippen LogP contribution in [0.15, 0.2) is 12.1 Å². The lowest BCUT2D eigenvalue weighted by molar-refractivity contribution is -0.384. The maximum Gasteiger partial charge on any atom is 0.311 e. The Balaban J connectivity index is 2.99. The van der Waals surface area contributed by atoms with E-state index in [1.807, 2.05) is 6.92 Å². The Bertz CT molecular complexity index is 411. The number of ether oxygens (including phenoxy) is 1. The Morgan fingerprint density at radius 2 is 2.28 bits per heavy atom. The number of nitro groups is 1. The molecule has 7 nitrogen and oxygen atoms in total. The van der Waals surface area contributed by atoms with Gasteiger partial charge in [-0.3, -0.25) is 10.1 Å². The van der Waals surface area contributed by atoms with Gasteiger partial charge in [0.05, 0.1) is 17.6 Å². The summed E-state index contributed by atoms with van der Waals surface area (Å²) in [4.78, 5) is 14.6. The van der Waals surface area contributed by atoms with E-state index in [-0.39, 0.29) is 17.5 Å². The van der Waals surface area contributed by atoms with Gasteiger partial charge in [0.2, 0.25) is 5.82 Å². The molecule has 0 radical (unpaired) electrons. The van der Waals surface area contributed by atoms with Crippen molar-refractivity contribution in [2.75, 3.05) is 31.4 Å². The third-order valence-electron chi connectivity index (χ3n) is 2.53. The molecule has 0 fully saturated rings. The summed E-state index contributed by atoms with van der Waals surface area (Å²) >= 11 is 0. The molecule has 1 aromatic heterocycles. The van der Waals surface area contributed by atoms with Gasteiger partial charge in [0.1, 0.15) is 5.82 Å². The van der Waals surface area contributed by atoms with Crippen LogP contribution < -0.4 is 10.6 Å². The molecule has 0 aromatic carbocycles. The van der Waals surface area contributed by atoms with E-state index in [0.717, 1.165) is 6.42 Å². The third kappa shape index (κ3) is 3.56. The van der Waals surface area contributed by atoms with Crippen molar-refractivity contribution in [2.45, 2.75) is 19.4 Å². The van der Waals surface area contributed by atoms with Crippen molar-refractivity contribution in [1.29, 1.82) is 0 Å². The SMILES string of the molecule is CCC(COC)Nc1nc(NC)ccc1[N+](=O)[O-]. The fraction of sp³-hybridized carbons (Fsp3) is 0.545. The molecule has 1 aromatic rings. The second-order valence-corrected chi connectivity index (χ2v) is 3.78. The highest BCUT2D eigenvalue weighted by Crippen LogP contribution is 2.24. The van der Waals surface area contributed by atoms with Crippen LogP contribution in [-0.4, -0.2) is 36.7 Å². The predicted molar refractivity (Wildman–Crippen MR) is 70.0 cm³/mol. The van der Waals surface area contributed by atoms with Crippen LogP contribution in [0.2, 0.25) is 0 Å². The first-order chi connectivity index (χ1) is 8.62. The quantitative estimate of drug-likeness (QED) is 0.570. The molecule has 0 spiro atoms. The summed E-state index contributed by atoms with van der Waals surface area (Å²) in [6.07, 6.45) is 0.788. The van der Waals surface area contributed by atoms with Crippen molar-refractivity contribution < 1.29 is 9.66 Å². The summed E-state index contributed by atoms with van der Waals surface area (Å²) in [5.74, 6) is 0.839. The van der Waals surface area contributed by atoms with Crippen LogP contribution >= 0.6 is 0 Å². The molecule has 7 heteroatoms. The maximum absolute atomic E-state index is 10.9. The molecule has 1 heterocycles. The van der Waals surface area contributed by atoms with E-state index in [1.54, 1.807) is 20.2 Å². The Kier molecular flexibility index (Phi) is 5.31. The first-order valence-corrected chi connectivity index (χ1v) is 5.71. The molecule has 0 aliphatic carbocycles. The summed E-state index contributed by atoms with van der Waals surface area (Å²) in [5.41, 5.74) is -0.0384. The molecule has 0 saturated heterocycles. The third-order valence-corrected chi connectivity index (χ3v) is 2.53. The van der Waals surface area contributed by atoms with Gasteiger partial charge in [-0.15, -0.1) is 0 Å². The van der Waals surface area contributed by atoms with Gasteiger partial charge in [0, 0.05) is 20.2 Å². The first-order valence-electron chi connectivity index (χ1n) is 5.71. The Hall–Kier alpha value is -1.89. The van der Waals surface area contributed by atoms with Gasteiger partial charge in [0.25, 0.3) is 0 Å². The smallest absolute Gasteiger partial charge is 0.311 e. The van der Waals surface area contributed by atoms with E-state index < -0.39 is 4.92 Å². The lowest BCUT2D eigenvalue weighted by Crippen LogP contribution is -2.25. The number of nitrogens with zero attached hydrogens (tertiary/aromatic N) is 2. The summed E-state index contributed by atoms with van der Waals surface area (Å²) in [6.45, 7) is 2.45. The van der Waals surface area contributed by atoms with Gasteiger partial charge >= 0.3 is 5.69 Å². The number of hydrogen-bond acceptors (Lipinski definition) is 6. The Morgan fingerprint density at radius 3 is 2.78 bits per heavy atom. The molecule has 0 saturated carbocycles. The van der Waals surface area contributed by atoms with E-state index in [9.17, 15) is 10.1 Å². The van der Waals surface area contributed by atoms with Crippen molar-refractivity contribution in [3.63, 3.8) is 0 Å². The zero-order chi connectivity index (χ0) is 13.5. The second-order valence-electron chi connectivity index (χ2n) is 3.78. The fourth-order valence-electron chi connectivity index (χ4n) is 1.50. The molecule has 18 heavy (non-hydrogen) atoms. The highest BCUT2D eigenvalue weighted by Gasteiger charge is 2.18. The standard InChI is InChI=1S/C11H18N4O3/c1-4-8(7-18-3)13-11-9(15(16)17)5-6-10(12-2)14-11/h5-6,8H,4,7H2,1-3H3,(H2,12,13,14). The Labute approximate surface area is 106 Å². The van der Waals surface area contributed by atoms with Crippen molar-refractivity contribution in [3.8, 4) is 0 Å². The van der Waals surface area contributed by atoms with Crippen molar-refractivity contribution in [2.24, 2.45) is 0 Å². The van der Waals surface area contributed by atoms with Crippen LogP contribution in [0.1, 0.15) is 13.3 Å². The monoisotopic (exact) mass is 254 g/mol. The maximum atomic E-state index is 10.9. The zero-order valence-corrected chi connectivity index (χ0v) is 10.8. The number of pyridine rings is 1. The summed E-state index contributed by atoms with van der Waals surface area (Å²) in [6, 6.07) is 3.00. The number of nitrogens with one attached hydrogen (secondary N) is 2. The molecule has 2 N–H and O–H groups in total. The van der Waals surface area contributed by atoms with Gasteiger partial charge in [-0.05, 0) is 12.5 Å². The minimum absolute atomic E-state index is 0.00620. The number of anilines is 2. The van der Waals surface area contributed by atoms with E-state index in [1.165, 1.54) is 6.07 Å². The van der Waals surface area contributed by atoms with Gasteiger partial charge in [-0.25, -0.2) is 4.98 Å². The topological polar surface area (TPSA) is 89.3 Å². The molecule has 1 unspecified atom stereocenters. The minimum atomic E-state index is -0.450. The van der Waals surface area contributed by atoms with Gasteiger partial charge in [0.15, 0.2) is 0 Å². The highest BCUT2D eigenvalue weighted by atomic mass is 16.6. The van der Waals surface area contributed by atoms with Gasteiger partial charge in [-0.1, -0.05) is 6.92 Å². The summed E-state index contributed by atoms with van der Waals surface area (Å²) in [7, 11) is 3.31. The van der Waals surface area contributed by atoms with Gasteiger partial charge < -0.3 is 15.4 Å². The van der Waals surface area contributed by atoms with E-state index in [4.69, 9.17) is 4.74 Å². The molecular weight excluding hydrogens is 236 g/mol. The van der Waals surface area contributed by atoms with E-state index in [2.05, 4.69) is 15.6 Å². The number of hydrogen-bond donors (Lipinski definition) is 2. The van der Waals surface area contributed by atoms with Crippen LogP contribution in [0.4, 0.5) is 17.3 Å². The van der Waals surface area contributed by atoms with E-state index in [0.29, 0.717) is 12.4 Å². The molecule has 0 aliphatic heterocycles. The van der Waals surface area contributed by atoms with Crippen molar-refractivity contribution in [3.05, 3.63) is 22.2 Å². The first kappa shape index (κ1) is 14.2. The molecule has 100 valence electrons. The molecule has 1 rings (SSSR count). The summed E-state index contributed by atoms with van der Waals surface area (Å²) in [5, 5.41) is 16.8. The number of rotatable bonds is 7. The zero-order valence-electron chi connectivity index (χ0n) is 10.8. The van der Waals surface area contributed by atoms with Crippen LogP contribution in [0.3, 0.4) is 0 Å². The minimum Gasteiger partial charge on any atom is -0.383 e. The molecule has 0 aliphatic rings. The molecule has 0 bridgehead atoms. The lowest BCUT2D eigenvalue weighted by atomic mass is 10.2. The molecule has 1 atom stereocenters. The predicted octanol–water partition coefficient (Wildman–Crippen LogP) is 1.87. The van der Waals surface area contributed by atoms with Gasteiger partial charge in [-0.2, -0.15) is 0 Å². The molecule has 0 amide bonds. The molecular formula is C11H18N4O3. The van der Waals surface area contributed by atoms with Crippen molar-refractivity contribution in [1.82, 2.24) is 4.98 Å². The van der Waals surface area contributed by atoms with Crippen molar-refractivity contribution >= 4 is 17.3 Å². The second kappa shape index (κ2) is 6.75. The Morgan fingerprint density at radius 1 is 1.56 bits per heavy atom.